The molecule has 2 N–H and O–H groups in total. The minimum atomic E-state index is -4.48. The lowest BCUT2D eigenvalue weighted by molar-refractivity contribution is -0.137. The predicted molar refractivity (Wildman–Crippen MR) is 174 cm³/mol. The quantitative estimate of drug-likeness (QED) is 0.176. The molecule has 8 nitrogen and oxygen atoms in total. The van der Waals surface area contributed by atoms with Crippen molar-refractivity contribution in [2.75, 3.05) is 11.9 Å². The molecule has 0 unspecified atom stereocenters. The van der Waals surface area contributed by atoms with Crippen LogP contribution in [0.1, 0.15) is 58.7 Å². The summed E-state index contributed by atoms with van der Waals surface area (Å²) in [7, 11) is 0. The fourth-order valence-corrected chi connectivity index (χ4v) is 5.24. The second-order valence-electron chi connectivity index (χ2n) is 11.1. The first-order chi connectivity index (χ1) is 22.5. The number of amides is 3. The Morgan fingerprint density at radius 3 is 2.23 bits per heavy atom. The van der Waals surface area contributed by atoms with E-state index in [4.69, 9.17) is 0 Å². The number of alkyl halides is 3. The summed E-state index contributed by atoms with van der Waals surface area (Å²) in [6.07, 6.45) is -3.03. The van der Waals surface area contributed by atoms with Gasteiger partial charge in [0.05, 0.1) is 22.3 Å². The van der Waals surface area contributed by atoms with Crippen LogP contribution in [0.2, 0.25) is 0 Å². The molecule has 5 aromatic rings. The third-order valence-corrected chi connectivity index (χ3v) is 7.63. The Hall–Kier alpha value is -5.58. The zero-order valence-electron chi connectivity index (χ0n) is 25.9. The van der Waals surface area contributed by atoms with Crippen LogP contribution in [-0.2, 0) is 11.0 Å². The molecule has 5 rings (SSSR count). The van der Waals surface area contributed by atoms with Crippen LogP contribution in [0.3, 0.4) is 0 Å². The van der Waals surface area contributed by atoms with Gasteiger partial charge in [-0.3, -0.25) is 19.4 Å². The Balaban J connectivity index is 1.34. The lowest BCUT2D eigenvalue weighted by atomic mass is 10.0. The number of hydrogen-bond donors (Lipinski definition) is 2. The molecule has 0 aliphatic heterocycles. The van der Waals surface area contributed by atoms with Crippen molar-refractivity contribution < 1.29 is 27.6 Å². The third kappa shape index (κ3) is 7.46. The second kappa shape index (κ2) is 13.8. The van der Waals surface area contributed by atoms with Crippen molar-refractivity contribution >= 4 is 34.4 Å². The van der Waals surface area contributed by atoms with Gasteiger partial charge in [0.1, 0.15) is 11.9 Å². The number of pyridine rings is 2. The molecule has 47 heavy (non-hydrogen) atoms. The third-order valence-electron chi connectivity index (χ3n) is 7.63. The fourth-order valence-electron chi connectivity index (χ4n) is 5.24. The summed E-state index contributed by atoms with van der Waals surface area (Å²) >= 11 is 0. The summed E-state index contributed by atoms with van der Waals surface area (Å²) in [4.78, 5) is 50.6. The van der Waals surface area contributed by atoms with E-state index >= 15 is 0 Å². The van der Waals surface area contributed by atoms with Crippen LogP contribution in [0.25, 0.3) is 22.2 Å². The number of nitrogens with one attached hydrogen (secondary N) is 2. The van der Waals surface area contributed by atoms with E-state index in [0.29, 0.717) is 34.1 Å². The van der Waals surface area contributed by atoms with Gasteiger partial charge in [0.2, 0.25) is 5.91 Å². The first-order valence-electron chi connectivity index (χ1n) is 15.0. The van der Waals surface area contributed by atoms with E-state index < -0.39 is 29.6 Å². The molecule has 1 atom stereocenters. The van der Waals surface area contributed by atoms with Crippen LogP contribution < -0.4 is 10.6 Å². The lowest BCUT2D eigenvalue weighted by Crippen LogP contribution is -2.45. The van der Waals surface area contributed by atoms with Crippen molar-refractivity contribution in [1.29, 1.82) is 0 Å². The number of rotatable bonds is 9. The smallest absolute Gasteiger partial charge is 0.338 e. The molecule has 2 heterocycles. The van der Waals surface area contributed by atoms with Gasteiger partial charge in [-0.25, -0.2) is 4.98 Å². The van der Waals surface area contributed by atoms with Gasteiger partial charge in [-0.1, -0.05) is 42.5 Å². The van der Waals surface area contributed by atoms with Crippen molar-refractivity contribution in [2.45, 2.75) is 39.0 Å². The SMILES string of the molecule is CCN(C(=O)[C@@H](NC(=O)c1ccc2nc(NC(=O)c3cccnc3-c3ccc(C(F)(F)F)cc3)ccc2c1)c1ccccc1)C(C)C. The molecule has 0 saturated heterocycles. The highest BCUT2D eigenvalue weighted by molar-refractivity contribution is 6.08. The number of anilines is 1. The van der Waals surface area contributed by atoms with Gasteiger partial charge in [0, 0.05) is 35.3 Å². The van der Waals surface area contributed by atoms with Crippen LogP contribution >= 0.6 is 0 Å². The van der Waals surface area contributed by atoms with E-state index in [2.05, 4.69) is 20.6 Å². The van der Waals surface area contributed by atoms with Gasteiger partial charge in [0.15, 0.2) is 0 Å². The molecule has 2 aromatic heterocycles. The maximum absolute atomic E-state index is 13.5. The molecule has 11 heteroatoms. The van der Waals surface area contributed by atoms with Gasteiger partial charge in [0.25, 0.3) is 11.8 Å². The van der Waals surface area contributed by atoms with Gasteiger partial charge in [-0.15, -0.1) is 0 Å². The monoisotopic (exact) mass is 639 g/mol. The molecule has 0 saturated carbocycles. The van der Waals surface area contributed by atoms with Gasteiger partial charge >= 0.3 is 6.18 Å². The maximum atomic E-state index is 13.5. The second-order valence-corrected chi connectivity index (χ2v) is 11.1. The largest absolute Gasteiger partial charge is 0.416 e. The van der Waals surface area contributed by atoms with Crippen molar-refractivity contribution in [3.63, 3.8) is 0 Å². The summed E-state index contributed by atoms with van der Waals surface area (Å²) in [6, 6.07) is 23.8. The van der Waals surface area contributed by atoms with E-state index in [0.717, 1.165) is 12.1 Å². The summed E-state index contributed by atoms with van der Waals surface area (Å²) in [6.45, 7) is 6.23. The van der Waals surface area contributed by atoms with Crippen LogP contribution in [0.4, 0.5) is 19.0 Å². The molecule has 240 valence electrons. The number of nitrogens with zero attached hydrogens (tertiary/aromatic N) is 3. The summed E-state index contributed by atoms with van der Waals surface area (Å²) in [5.41, 5.74) is 1.42. The van der Waals surface area contributed by atoms with Crippen LogP contribution in [0, 0.1) is 0 Å². The molecule has 0 aliphatic rings. The topological polar surface area (TPSA) is 104 Å². The Morgan fingerprint density at radius 1 is 0.851 bits per heavy atom. The zero-order valence-corrected chi connectivity index (χ0v) is 25.9. The van der Waals surface area contributed by atoms with E-state index in [1.54, 1.807) is 53.4 Å². The van der Waals surface area contributed by atoms with E-state index in [-0.39, 0.29) is 29.0 Å². The first-order valence-corrected chi connectivity index (χ1v) is 15.0. The highest BCUT2D eigenvalue weighted by atomic mass is 19.4. The van der Waals surface area contributed by atoms with Crippen LogP contribution in [-0.4, -0.2) is 45.2 Å². The molecule has 0 aliphatic carbocycles. The standard InChI is InChI=1S/C36H32F3N5O3/c1-4-44(22(2)3)35(47)32(23-9-6-5-7-10-23)43-33(45)26-14-18-29-25(21-26)15-19-30(41-29)42-34(46)28-11-8-20-40-31(28)24-12-16-27(17-13-24)36(37,38)39/h5-22,32H,4H2,1-3H3,(H,43,45)(H,41,42,46)/t32-/m0/s1. The Labute approximate surface area is 269 Å². The van der Waals surface area contributed by atoms with Crippen LogP contribution in [0.15, 0.2) is 103 Å². The number of carbonyl (C=O) groups is 3. The van der Waals surface area contributed by atoms with Gasteiger partial charge < -0.3 is 15.5 Å². The van der Waals surface area contributed by atoms with Gasteiger partial charge in [-0.05, 0) is 80.9 Å². The normalized spacial score (nSPS) is 12.1. The maximum Gasteiger partial charge on any atom is 0.416 e. The van der Waals surface area contributed by atoms with E-state index in [1.807, 2.05) is 39.0 Å². The van der Waals surface area contributed by atoms with E-state index in [9.17, 15) is 27.6 Å². The van der Waals surface area contributed by atoms with Crippen LogP contribution in [0.5, 0.6) is 0 Å². The number of hydrogen-bond acceptors (Lipinski definition) is 5. The number of carbonyl (C=O) groups excluding carboxylic acids is 3. The number of aromatic nitrogens is 2. The molecule has 0 bridgehead atoms. The highest BCUT2D eigenvalue weighted by Gasteiger charge is 2.31. The number of benzene rings is 3. The van der Waals surface area contributed by atoms with Crippen molar-refractivity contribution in [1.82, 2.24) is 20.2 Å². The minimum Gasteiger partial charge on any atom is -0.338 e. The Morgan fingerprint density at radius 2 is 1.57 bits per heavy atom. The number of fused-ring (bicyclic) bond motifs is 1. The first kappa shape index (κ1) is 32.8. The highest BCUT2D eigenvalue weighted by Crippen LogP contribution is 2.31. The number of likely N-dealkylation sites (N-methyl/N-ethyl adjacent to an activating group) is 1. The van der Waals surface area contributed by atoms with Gasteiger partial charge in [-0.2, -0.15) is 13.2 Å². The number of halogens is 3. The average Bonchev–Trinajstić information content (AvgIpc) is 3.07. The molecule has 0 spiro atoms. The van der Waals surface area contributed by atoms with Crippen molar-refractivity contribution in [2.24, 2.45) is 0 Å². The minimum absolute atomic E-state index is 0.0494. The molecule has 0 fully saturated rings. The van der Waals surface area contributed by atoms with Crippen molar-refractivity contribution in [3.05, 3.63) is 126 Å². The molecule has 3 amide bonds. The molecular weight excluding hydrogens is 607 g/mol. The average molecular weight is 640 g/mol. The molecule has 0 radical (unpaired) electrons. The fraction of sp³-hybridized carbons (Fsp3) is 0.194. The van der Waals surface area contributed by atoms with Crippen molar-refractivity contribution in [3.8, 4) is 11.3 Å². The Kier molecular flexibility index (Phi) is 9.64. The summed E-state index contributed by atoms with van der Waals surface area (Å²) < 4.78 is 39.1. The summed E-state index contributed by atoms with van der Waals surface area (Å²) in [5, 5.41) is 6.25. The zero-order chi connectivity index (χ0) is 33.7. The summed E-state index contributed by atoms with van der Waals surface area (Å²) in [5.74, 6) is -0.960. The molecular formula is C36H32F3N5O3. The molecule has 3 aromatic carbocycles. The lowest BCUT2D eigenvalue weighted by Gasteiger charge is -2.30. The Bertz CT molecular complexity index is 1910. The van der Waals surface area contributed by atoms with E-state index in [1.165, 1.54) is 24.4 Å². The predicted octanol–water partition coefficient (Wildman–Crippen LogP) is 7.30.